The van der Waals surface area contributed by atoms with E-state index < -0.39 is 0 Å². The van der Waals surface area contributed by atoms with E-state index in [0.717, 1.165) is 0 Å². The first-order valence-corrected chi connectivity index (χ1v) is 3.80. The molecular weight excluding hydrogens is 192 g/mol. The maximum atomic E-state index is 5.76. The summed E-state index contributed by atoms with van der Waals surface area (Å²) in [6.07, 6.45) is 4.40. The van der Waals surface area contributed by atoms with E-state index >= 15 is 0 Å². The Balaban J connectivity index is 2.57. The summed E-state index contributed by atoms with van der Waals surface area (Å²) >= 11 is 5.76. The molecular formula is C6H5ClN6. The van der Waals surface area contributed by atoms with Crippen LogP contribution in [-0.4, -0.2) is 25.0 Å². The summed E-state index contributed by atoms with van der Waals surface area (Å²) in [6.45, 7) is 0. The van der Waals surface area contributed by atoms with Gasteiger partial charge in [0, 0.05) is 0 Å². The van der Waals surface area contributed by atoms with Crippen molar-refractivity contribution in [2.45, 2.75) is 0 Å². The summed E-state index contributed by atoms with van der Waals surface area (Å²) in [5.41, 5.74) is 5.43. The van der Waals surface area contributed by atoms with Gasteiger partial charge in [0.1, 0.15) is 5.82 Å². The van der Waals surface area contributed by atoms with Gasteiger partial charge in [0.05, 0.1) is 18.6 Å². The molecule has 0 fully saturated rings. The number of anilines is 1. The maximum absolute atomic E-state index is 5.76. The van der Waals surface area contributed by atoms with Crippen LogP contribution in [0.3, 0.4) is 0 Å². The second kappa shape index (κ2) is 2.98. The standard InChI is InChI=1S/C6H5ClN6/c7-5-6(12-4(8)3-9-5)13-10-1-2-11-13/h1-3H,(H2,8,12). The highest BCUT2D eigenvalue weighted by Gasteiger charge is 2.07. The molecule has 0 unspecified atom stereocenters. The number of nitrogen functional groups attached to an aromatic ring is 1. The quantitative estimate of drug-likeness (QED) is 0.709. The second-order valence-electron chi connectivity index (χ2n) is 2.23. The zero-order valence-electron chi connectivity index (χ0n) is 6.42. The third kappa shape index (κ3) is 1.43. The van der Waals surface area contributed by atoms with Crippen molar-refractivity contribution in [2.75, 3.05) is 5.73 Å². The first-order chi connectivity index (χ1) is 6.27. The molecule has 0 bridgehead atoms. The molecule has 0 aliphatic heterocycles. The molecule has 13 heavy (non-hydrogen) atoms. The minimum Gasteiger partial charge on any atom is -0.382 e. The Labute approximate surface area is 78.4 Å². The molecule has 0 aromatic carbocycles. The third-order valence-electron chi connectivity index (χ3n) is 1.34. The molecule has 6 nitrogen and oxygen atoms in total. The summed E-state index contributed by atoms with van der Waals surface area (Å²) in [5, 5.41) is 7.92. The molecule has 0 radical (unpaired) electrons. The van der Waals surface area contributed by atoms with Crippen LogP contribution in [0.4, 0.5) is 5.82 Å². The van der Waals surface area contributed by atoms with Gasteiger partial charge in [-0.15, -0.1) is 4.80 Å². The van der Waals surface area contributed by atoms with E-state index in [0.29, 0.717) is 5.82 Å². The molecule has 0 saturated carbocycles. The zero-order chi connectivity index (χ0) is 9.26. The Bertz CT molecular complexity index is 411. The van der Waals surface area contributed by atoms with Crippen LogP contribution in [-0.2, 0) is 0 Å². The number of hydrogen-bond donors (Lipinski definition) is 1. The predicted molar refractivity (Wildman–Crippen MR) is 46.4 cm³/mol. The van der Waals surface area contributed by atoms with E-state index in [1.807, 2.05) is 0 Å². The SMILES string of the molecule is Nc1cnc(Cl)c(-n2nccn2)n1. The van der Waals surface area contributed by atoms with Crippen LogP contribution in [0.5, 0.6) is 0 Å². The lowest BCUT2D eigenvalue weighted by Gasteiger charge is -2.00. The first-order valence-electron chi connectivity index (χ1n) is 3.42. The number of aromatic nitrogens is 5. The molecule has 2 N–H and O–H groups in total. The largest absolute Gasteiger partial charge is 0.382 e. The van der Waals surface area contributed by atoms with Crippen LogP contribution in [0.25, 0.3) is 5.82 Å². The minimum absolute atomic E-state index is 0.213. The molecule has 7 heteroatoms. The number of nitrogens with zero attached hydrogens (tertiary/aromatic N) is 5. The van der Waals surface area contributed by atoms with Crippen molar-refractivity contribution in [1.82, 2.24) is 25.0 Å². The van der Waals surface area contributed by atoms with Gasteiger partial charge in [0.15, 0.2) is 5.15 Å². The van der Waals surface area contributed by atoms with E-state index in [2.05, 4.69) is 20.2 Å². The Morgan fingerprint density at radius 2 is 2.00 bits per heavy atom. The molecule has 2 aromatic rings. The van der Waals surface area contributed by atoms with Gasteiger partial charge in [-0.1, -0.05) is 11.6 Å². The summed E-state index contributed by atoms with van der Waals surface area (Å²) in [5.74, 6) is 0.600. The molecule has 0 saturated heterocycles. The Kier molecular flexibility index (Phi) is 1.82. The van der Waals surface area contributed by atoms with E-state index in [4.69, 9.17) is 17.3 Å². The summed E-state index contributed by atoms with van der Waals surface area (Å²) in [4.78, 5) is 9.00. The fourth-order valence-electron chi connectivity index (χ4n) is 0.830. The lowest BCUT2D eigenvalue weighted by Crippen LogP contribution is -2.05. The normalized spacial score (nSPS) is 10.2. The number of hydrogen-bond acceptors (Lipinski definition) is 5. The highest BCUT2D eigenvalue weighted by atomic mass is 35.5. The lowest BCUT2D eigenvalue weighted by atomic mass is 10.6. The second-order valence-corrected chi connectivity index (χ2v) is 2.59. The first kappa shape index (κ1) is 7.93. The van der Waals surface area contributed by atoms with Crippen LogP contribution < -0.4 is 5.73 Å². The Hall–Kier alpha value is -1.69. The van der Waals surface area contributed by atoms with Gasteiger partial charge in [-0.05, 0) is 0 Å². The fraction of sp³-hybridized carbons (Fsp3) is 0. The monoisotopic (exact) mass is 196 g/mol. The highest BCUT2D eigenvalue weighted by molar-refractivity contribution is 6.30. The molecule has 0 aliphatic carbocycles. The van der Waals surface area contributed by atoms with Crippen molar-refractivity contribution in [3.05, 3.63) is 23.7 Å². The van der Waals surface area contributed by atoms with E-state index in [9.17, 15) is 0 Å². The van der Waals surface area contributed by atoms with Gasteiger partial charge in [0.25, 0.3) is 0 Å². The van der Waals surface area contributed by atoms with Gasteiger partial charge in [0.2, 0.25) is 5.82 Å². The molecule has 2 heterocycles. The molecule has 0 amide bonds. The van der Waals surface area contributed by atoms with Gasteiger partial charge < -0.3 is 5.73 Å². The number of halogens is 1. The molecule has 2 aromatic heterocycles. The van der Waals surface area contributed by atoms with E-state index in [-0.39, 0.29) is 11.0 Å². The van der Waals surface area contributed by atoms with E-state index in [1.54, 1.807) is 0 Å². The molecule has 0 aliphatic rings. The topological polar surface area (TPSA) is 82.5 Å². The van der Waals surface area contributed by atoms with Crippen molar-refractivity contribution in [1.29, 1.82) is 0 Å². The summed E-state index contributed by atoms with van der Waals surface area (Å²) in [7, 11) is 0. The smallest absolute Gasteiger partial charge is 0.214 e. The van der Waals surface area contributed by atoms with Crippen LogP contribution in [0, 0.1) is 0 Å². The zero-order valence-corrected chi connectivity index (χ0v) is 7.18. The van der Waals surface area contributed by atoms with Crippen LogP contribution in [0.15, 0.2) is 18.6 Å². The van der Waals surface area contributed by atoms with Crippen LogP contribution in [0.2, 0.25) is 5.15 Å². The van der Waals surface area contributed by atoms with Crippen molar-refractivity contribution in [2.24, 2.45) is 0 Å². The van der Waals surface area contributed by atoms with Crippen molar-refractivity contribution in [3.63, 3.8) is 0 Å². The average molecular weight is 197 g/mol. The van der Waals surface area contributed by atoms with Crippen molar-refractivity contribution in [3.8, 4) is 5.82 Å². The average Bonchev–Trinajstić information content (AvgIpc) is 2.61. The van der Waals surface area contributed by atoms with Gasteiger partial charge in [-0.2, -0.15) is 10.2 Å². The van der Waals surface area contributed by atoms with E-state index in [1.165, 1.54) is 23.4 Å². The third-order valence-corrected chi connectivity index (χ3v) is 1.60. The van der Waals surface area contributed by atoms with Crippen molar-refractivity contribution >= 4 is 17.4 Å². The van der Waals surface area contributed by atoms with Crippen LogP contribution in [0.1, 0.15) is 0 Å². The predicted octanol–water partition coefficient (Wildman–Crippen LogP) is 0.293. The van der Waals surface area contributed by atoms with Crippen molar-refractivity contribution < 1.29 is 0 Å². The molecule has 2 rings (SSSR count). The van der Waals surface area contributed by atoms with Gasteiger partial charge >= 0.3 is 0 Å². The molecule has 0 spiro atoms. The lowest BCUT2D eigenvalue weighted by molar-refractivity contribution is 0.726. The maximum Gasteiger partial charge on any atom is 0.214 e. The summed E-state index contributed by atoms with van der Waals surface area (Å²) < 4.78 is 0. The fourth-order valence-corrected chi connectivity index (χ4v) is 0.997. The van der Waals surface area contributed by atoms with Crippen LogP contribution >= 0.6 is 11.6 Å². The molecule has 66 valence electrons. The van der Waals surface area contributed by atoms with Gasteiger partial charge in [-0.3, -0.25) is 0 Å². The van der Waals surface area contributed by atoms with Gasteiger partial charge in [-0.25, -0.2) is 9.97 Å². The number of nitrogens with two attached hydrogens (primary N) is 1. The molecule has 0 atom stereocenters. The summed E-state index contributed by atoms with van der Waals surface area (Å²) in [6, 6.07) is 0. The Morgan fingerprint density at radius 1 is 1.31 bits per heavy atom. The Morgan fingerprint density at radius 3 is 2.69 bits per heavy atom. The minimum atomic E-state index is 0.213. The number of rotatable bonds is 1. The highest BCUT2D eigenvalue weighted by Crippen LogP contribution is 2.13.